The number of ether oxygens (including phenoxy) is 2. The topological polar surface area (TPSA) is 51.9 Å². The lowest BCUT2D eigenvalue weighted by atomic mass is 10.1. The molecule has 3 heterocycles. The minimum absolute atomic E-state index is 0.698. The van der Waals surface area contributed by atoms with Crippen LogP contribution < -0.4 is 14.4 Å². The van der Waals surface area contributed by atoms with Gasteiger partial charge in [0.05, 0.1) is 19.9 Å². The molecule has 1 aliphatic rings. The maximum atomic E-state index is 5.41. The van der Waals surface area contributed by atoms with E-state index in [4.69, 9.17) is 14.6 Å². The smallest absolute Gasteiger partial charge is 0.161 e. The van der Waals surface area contributed by atoms with Crippen LogP contribution >= 0.6 is 11.8 Å². The third-order valence-corrected chi connectivity index (χ3v) is 5.30. The number of hydrogen-bond donors (Lipinski definition) is 0. The second-order valence-electron chi connectivity index (χ2n) is 5.78. The molecule has 6 nitrogen and oxygen atoms in total. The normalized spacial score (nSPS) is 14.7. The summed E-state index contributed by atoms with van der Waals surface area (Å²) in [5.74, 6) is 4.69. The maximum Gasteiger partial charge on any atom is 0.161 e. The van der Waals surface area contributed by atoms with Crippen LogP contribution in [0.5, 0.6) is 11.5 Å². The Labute approximate surface area is 150 Å². The van der Waals surface area contributed by atoms with Crippen molar-refractivity contribution >= 4 is 23.1 Å². The predicted octanol–water partition coefficient (Wildman–Crippen LogP) is 2.97. The van der Waals surface area contributed by atoms with Crippen molar-refractivity contribution in [2.24, 2.45) is 0 Å². The largest absolute Gasteiger partial charge is 0.493 e. The lowest BCUT2D eigenvalue weighted by molar-refractivity contribution is 0.355. The van der Waals surface area contributed by atoms with Crippen LogP contribution in [0, 0.1) is 0 Å². The van der Waals surface area contributed by atoms with E-state index in [1.54, 1.807) is 14.2 Å². The highest BCUT2D eigenvalue weighted by Crippen LogP contribution is 2.33. The number of rotatable bonds is 4. The molecule has 25 heavy (non-hydrogen) atoms. The first-order valence-corrected chi connectivity index (χ1v) is 9.35. The van der Waals surface area contributed by atoms with Gasteiger partial charge in [-0.05, 0) is 24.3 Å². The second kappa shape index (κ2) is 6.84. The standard InChI is InChI=1S/C18H20N4O2S/c1-23-16-4-3-13(11-17(16)24-2)14-12-15-18(19-5-6-22(15)20-14)21-7-9-25-10-8-21/h3-6,11-12H,7-10H2,1-2H3. The van der Waals surface area contributed by atoms with Crippen molar-refractivity contribution < 1.29 is 9.47 Å². The highest BCUT2D eigenvalue weighted by Gasteiger charge is 2.17. The number of fused-ring (bicyclic) bond motifs is 1. The molecule has 2 aromatic heterocycles. The third-order valence-electron chi connectivity index (χ3n) is 4.36. The minimum atomic E-state index is 0.698. The quantitative estimate of drug-likeness (QED) is 0.716. The van der Waals surface area contributed by atoms with Crippen molar-refractivity contribution in [3.8, 4) is 22.8 Å². The Kier molecular flexibility index (Phi) is 4.40. The minimum Gasteiger partial charge on any atom is -0.493 e. The van der Waals surface area contributed by atoms with Crippen LogP contribution in [0.2, 0.25) is 0 Å². The number of nitrogens with zero attached hydrogens (tertiary/aromatic N) is 4. The van der Waals surface area contributed by atoms with Crippen LogP contribution in [-0.2, 0) is 0 Å². The zero-order chi connectivity index (χ0) is 17.2. The van der Waals surface area contributed by atoms with E-state index >= 15 is 0 Å². The monoisotopic (exact) mass is 356 g/mol. The maximum absolute atomic E-state index is 5.41. The van der Waals surface area contributed by atoms with Gasteiger partial charge in [-0.15, -0.1) is 0 Å². The van der Waals surface area contributed by atoms with Crippen molar-refractivity contribution in [1.82, 2.24) is 14.6 Å². The first-order chi connectivity index (χ1) is 12.3. The Balaban J connectivity index is 1.76. The van der Waals surface area contributed by atoms with E-state index in [9.17, 15) is 0 Å². The summed E-state index contributed by atoms with van der Waals surface area (Å²) in [6.45, 7) is 2.04. The predicted molar refractivity (Wildman–Crippen MR) is 101 cm³/mol. The Bertz CT molecular complexity index is 890. The number of hydrogen-bond acceptors (Lipinski definition) is 6. The summed E-state index contributed by atoms with van der Waals surface area (Å²) in [6.07, 6.45) is 3.71. The van der Waals surface area contributed by atoms with E-state index in [0.717, 1.165) is 47.2 Å². The molecule has 1 saturated heterocycles. The van der Waals surface area contributed by atoms with Gasteiger partial charge in [-0.2, -0.15) is 16.9 Å². The van der Waals surface area contributed by atoms with Crippen molar-refractivity contribution in [2.75, 3.05) is 43.7 Å². The molecule has 1 aliphatic heterocycles. The second-order valence-corrected chi connectivity index (χ2v) is 7.00. The molecule has 1 fully saturated rings. The molecule has 0 radical (unpaired) electrons. The van der Waals surface area contributed by atoms with Crippen LogP contribution in [0.4, 0.5) is 5.82 Å². The molecule has 0 aliphatic carbocycles. The van der Waals surface area contributed by atoms with E-state index < -0.39 is 0 Å². The number of aromatic nitrogens is 3. The Hall–Kier alpha value is -2.41. The average molecular weight is 356 g/mol. The van der Waals surface area contributed by atoms with Gasteiger partial charge < -0.3 is 14.4 Å². The summed E-state index contributed by atoms with van der Waals surface area (Å²) < 4.78 is 12.6. The van der Waals surface area contributed by atoms with Crippen molar-refractivity contribution in [3.63, 3.8) is 0 Å². The van der Waals surface area contributed by atoms with E-state index in [1.807, 2.05) is 46.9 Å². The molecular formula is C18H20N4O2S. The van der Waals surface area contributed by atoms with Crippen molar-refractivity contribution in [3.05, 3.63) is 36.7 Å². The average Bonchev–Trinajstić information content (AvgIpc) is 3.12. The lowest BCUT2D eigenvalue weighted by Crippen LogP contribution is -2.33. The highest BCUT2D eigenvalue weighted by atomic mass is 32.2. The summed E-state index contributed by atoms with van der Waals surface area (Å²) in [7, 11) is 3.28. The molecule has 1 aromatic carbocycles. The molecular weight excluding hydrogens is 336 g/mol. The SMILES string of the molecule is COc1ccc(-c2cc3c(N4CCSCC4)nccn3n2)cc1OC. The molecule has 0 atom stereocenters. The summed E-state index contributed by atoms with van der Waals surface area (Å²) in [5, 5.41) is 4.72. The third kappa shape index (κ3) is 3.00. The van der Waals surface area contributed by atoms with Crippen LogP contribution in [0.25, 0.3) is 16.8 Å². The summed E-state index contributed by atoms with van der Waals surface area (Å²) in [4.78, 5) is 6.95. The van der Waals surface area contributed by atoms with E-state index in [-0.39, 0.29) is 0 Å². The van der Waals surface area contributed by atoms with Gasteiger partial charge in [-0.1, -0.05) is 0 Å². The van der Waals surface area contributed by atoms with Gasteiger partial charge in [-0.25, -0.2) is 9.50 Å². The first-order valence-electron chi connectivity index (χ1n) is 8.19. The molecule has 0 bridgehead atoms. The lowest BCUT2D eigenvalue weighted by Gasteiger charge is -2.27. The molecule has 7 heteroatoms. The van der Waals surface area contributed by atoms with Gasteiger partial charge >= 0.3 is 0 Å². The summed E-state index contributed by atoms with van der Waals surface area (Å²) in [6, 6.07) is 7.93. The van der Waals surface area contributed by atoms with Gasteiger partial charge in [0, 0.05) is 42.6 Å². The Morgan fingerprint density at radius 3 is 2.60 bits per heavy atom. The number of anilines is 1. The molecule has 4 rings (SSSR count). The zero-order valence-electron chi connectivity index (χ0n) is 14.3. The highest BCUT2D eigenvalue weighted by molar-refractivity contribution is 7.99. The van der Waals surface area contributed by atoms with Gasteiger partial charge in [0.2, 0.25) is 0 Å². The fraction of sp³-hybridized carbons (Fsp3) is 0.333. The van der Waals surface area contributed by atoms with Crippen LogP contribution in [-0.4, -0.2) is 53.4 Å². The van der Waals surface area contributed by atoms with Crippen molar-refractivity contribution in [1.29, 1.82) is 0 Å². The van der Waals surface area contributed by atoms with E-state index in [2.05, 4.69) is 16.0 Å². The van der Waals surface area contributed by atoms with Crippen molar-refractivity contribution in [2.45, 2.75) is 0 Å². The van der Waals surface area contributed by atoms with Gasteiger partial charge in [-0.3, -0.25) is 0 Å². The molecule has 0 saturated carbocycles. The first kappa shape index (κ1) is 16.1. The molecule has 130 valence electrons. The van der Waals surface area contributed by atoms with E-state index in [0.29, 0.717) is 11.5 Å². The van der Waals surface area contributed by atoms with Gasteiger partial charge in [0.15, 0.2) is 17.3 Å². The van der Waals surface area contributed by atoms with Gasteiger partial charge in [0.25, 0.3) is 0 Å². The fourth-order valence-electron chi connectivity index (χ4n) is 3.06. The van der Waals surface area contributed by atoms with Crippen LogP contribution in [0.15, 0.2) is 36.7 Å². The molecule has 0 N–H and O–H groups in total. The zero-order valence-corrected chi connectivity index (χ0v) is 15.1. The molecule has 0 spiro atoms. The Morgan fingerprint density at radius 1 is 1.04 bits per heavy atom. The van der Waals surface area contributed by atoms with E-state index in [1.165, 1.54) is 0 Å². The molecule has 3 aromatic rings. The van der Waals surface area contributed by atoms with Gasteiger partial charge in [0.1, 0.15) is 5.52 Å². The fourth-order valence-corrected chi connectivity index (χ4v) is 3.97. The number of methoxy groups -OCH3 is 2. The number of thioether (sulfide) groups is 1. The number of benzene rings is 1. The molecule has 0 unspecified atom stereocenters. The summed E-state index contributed by atoms with van der Waals surface area (Å²) in [5.41, 5.74) is 2.90. The summed E-state index contributed by atoms with van der Waals surface area (Å²) >= 11 is 1.99. The van der Waals surface area contributed by atoms with Crippen LogP contribution in [0.1, 0.15) is 0 Å². The molecule has 0 amide bonds. The Morgan fingerprint density at radius 2 is 1.84 bits per heavy atom. The van der Waals surface area contributed by atoms with Crippen LogP contribution in [0.3, 0.4) is 0 Å².